The van der Waals surface area contributed by atoms with Crippen molar-refractivity contribution in [2.24, 2.45) is 0 Å². The third-order valence-corrected chi connectivity index (χ3v) is 6.72. The normalized spacial score (nSPS) is 14.7. The number of sulfonamides is 1. The van der Waals surface area contributed by atoms with Gasteiger partial charge < -0.3 is 0 Å². The summed E-state index contributed by atoms with van der Waals surface area (Å²) in [5, 5.41) is 18.3. The van der Waals surface area contributed by atoms with E-state index in [2.05, 4.69) is 24.6 Å². The molecule has 2 aromatic carbocycles. The molecular formula is C19H21N5O5S. The van der Waals surface area contributed by atoms with Crippen LogP contribution in [0.2, 0.25) is 0 Å². The zero-order valence-corrected chi connectivity index (χ0v) is 17.0. The smallest absolute Gasteiger partial charge is 0.269 e. The number of nitro groups is 1. The zero-order valence-electron chi connectivity index (χ0n) is 16.2. The Bertz CT molecular complexity index is 1180. The Labute approximate surface area is 173 Å². The van der Waals surface area contributed by atoms with Crippen LogP contribution >= 0.6 is 0 Å². The van der Waals surface area contributed by atoms with Crippen LogP contribution in [0.3, 0.4) is 0 Å². The van der Waals surface area contributed by atoms with Crippen molar-refractivity contribution in [1.29, 1.82) is 0 Å². The molecule has 30 heavy (non-hydrogen) atoms. The Morgan fingerprint density at radius 2 is 2.03 bits per heavy atom. The number of non-ortho nitro benzene ring substituents is 1. The molecule has 11 heteroatoms. The number of rotatable bonds is 8. The number of nitro benzene ring substituents is 1. The minimum atomic E-state index is -3.70. The summed E-state index contributed by atoms with van der Waals surface area (Å²) in [5.41, 5.74) is 2.86. The first-order valence-electron chi connectivity index (χ1n) is 9.63. The van der Waals surface area contributed by atoms with Crippen LogP contribution in [-0.4, -0.2) is 48.2 Å². The first-order valence-corrected chi connectivity index (χ1v) is 11.1. The van der Waals surface area contributed by atoms with Gasteiger partial charge in [0.1, 0.15) is 10.4 Å². The van der Waals surface area contributed by atoms with Gasteiger partial charge in [-0.1, -0.05) is 12.1 Å². The highest BCUT2D eigenvalue weighted by atomic mass is 32.2. The minimum absolute atomic E-state index is 0.0514. The molecule has 0 fully saturated rings. The molecule has 0 bridgehead atoms. The highest BCUT2D eigenvalue weighted by Gasteiger charge is 2.21. The molecule has 2 heterocycles. The number of nitrogens with one attached hydrogen (secondary N) is 1. The molecule has 4 rings (SSSR count). The summed E-state index contributed by atoms with van der Waals surface area (Å²) in [6, 6.07) is 9.74. The van der Waals surface area contributed by atoms with Gasteiger partial charge in [0.25, 0.3) is 5.69 Å². The van der Waals surface area contributed by atoms with Crippen LogP contribution in [-0.2, 0) is 23.0 Å². The van der Waals surface area contributed by atoms with Crippen molar-refractivity contribution in [2.75, 3.05) is 19.6 Å². The van der Waals surface area contributed by atoms with Gasteiger partial charge >= 0.3 is 0 Å². The summed E-state index contributed by atoms with van der Waals surface area (Å²) in [4.78, 5) is 12.9. The van der Waals surface area contributed by atoms with Gasteiger partial charge in [0, 0.05) is 31.8 Å². The van der Waals surface area contributed by atoms with Crippen LogP contribution < -0.4 is 4.72 Å². The van der Waals surface area contributed by atoms with Crippen LogP contribution in [0.4, 0.5) is 5.69 Å². The van der Waals surface area contributed by atoms with Gasteiger partial charge in [0.05, 0.1) is 4.92 Å². The van der Waals surface area contributed by atoms with Gasteiger partial charge in [0.15, 0.2) is 5.52 Å². The lowest BCUT2D eigenvalue weighted by atomic mass is 9.99. The molecule has 0 amide bonds. The Kier molecular flexibility index (Phi) is 5.75. The number of unbranched alkanes of at least 4 members (excludes halogenated alkanes) is 1. The van der Waals surface area contributed by atoms with Crippen molar-refractivity contribution in [2.45, 2.75) is 30.7 Å². The number of hydrogen-bond donors (Lipinski definition) is 1. The van der Waals surface area contributed by atoms with Crippen LogP contribution in [0.1, 0.15) is 24.0 Å². The third kappa shape index (κ3) is 4.32. The van der Waals surface area contributed by atoms with E-state index in [9.17, 15) is 18.5 Å². The highest BCUT2D eigenvalue weighted by Crippen LogP contribution is 2.24. The summed E-state index contributed by atoms with van der Waals surface area (Å²) in [5.74, 6) is 0. The molecule has 1 aliphatic heterocycles. The SMILES string of the molecule is O=[N+]([O-])c1ccc2c(c1)CN(CCCCNS(=O)(=O)c1cccc3nonc13)CC2. The van der Waals surface area contributed by atoms with Crippen molar-refractivity contribution >= 4 is 26.7 Å². The van der Waals surface area contributed by atoms with Gasteiger partial charge in [-0.2, -0.15) is 0 Å². The summed E-state index contributed by atoms with van der Waals surface area (Å²) in [6.45, 7) is 2.66. The fourth-order valence-corrected chi connectivity index (χ4v) is 4.87. The fraction of sp³-hybridized carbons (Fsp3) is 0.368. The molecule has 1 aliphatic rings. The zero-order chi connectivity index (χ0) is 21.1. The van der Waals surface area contributed by atoms with Crippen LogP contribution in [0, 0.1) is 10.1 Å². The second-order valence-electron chi connectivity index (χ2n) is 7.23. The first kappa shape index (κ1) is 20.4. The lowest BCUT2D eigenvalue weighted by Crippen LogP contribution is -2.32. The molecule has 3 aromatic rings. The third-order valence-electron chi connectivity index (χ3n) is 5.22. The molecule has 0 atom stereocenters. The maximum Gasteiger partial charge on any atom is 0.269 e. The quantitative estimate of drug-likeness (QED) is 0.326. The highest BCUT2D eigenvalue weighted by molar-refractivity contribution is 7.89. The van der Waals surface area contributed by atoms with Crippen molar-refractivity contribution in [3.05, 3.63) is 57.6 Å². The second-order valence-corrected chi connectivity index (χ2v) is 8.96. The molecule has 0 saturated carbocycles. The largest absolute Gasteiger partial charge is 0.299 e. The number of aromatic nitrogens is 2. The Morgan fingerprint density at radius 3 is 2.87 bits per heavy atom. The first-order chi connectivity index (χ1) is 14.4. The van der Waals surface area contributed by atoms with E-state index < -0.39 is 10.0 Å². The van der Waals surface area contributed by atoms with Gasteiger partial charge in [-0.25, -0.2) is 17.8 Å². The van der Waals surface area contributed by atoms with Gasteiger partial charge in [-0.05, 0) is 59.4 Å². The molecular weight excluding hydrogens is 410 g/mol. The lowest BCUT2D eigenvalue weighted by Gasteiger charge is -2.28. The molecule has 0 unspecified atom stereocenters. The Balaban J connectivity index is 1.27. The van der Waals surface area contributed by atoms with Gasteiger partial charge in [-0.15, -0.1) is 0 Å². The molecule has 0 saturated heterocycles. The van der Waals surface area contributed by atoms with Gasteiger partial charge in [0.2, 0.25) is 10.0 Å². The lowest BCUT2D eigenvalue weighted by molar-refractivity contribution is -0.385. The maximum absolute atomic E-state index is 12.5. The van der Waals surface area contributed by atoms with E-state index in [4.69, 9.17) is 0 Å². The summed E-state index contributed by atoms with van der Waals surface area (Å²) in [6.07, 6.45) is 2.34. The van der Waals surface area contributed by atoms with Crippen molar-refractivity contribution in [3.63, 3.8) is 0 Å². The Hall–Kier alpha value is -2.89. The van der Waals surface area contributed by atoms with E-state index in [1.54, 1.807) is 24.3 Å². The Morgan fingerprint density at radius 1 is 1.17 bits per heavy atom. The maximum atomic E-state index is 12.5. The summed E-state index contributed by atoms with van der Waals surface area (Å²) >= 11 is 0. The summed E-state index contributed by atoms with van der Waals surface area (Å²) < 4.78 is 32.3. The average Bonchev–Trinajstić information content (AvgIpc) is 3.21. The molecule has 0 radical (unpaired) electrons. The molecule has 158 valence electrons. The standard InChI is InChI=1S/C19H21N5O5S/c25-24(26)16-7-6-14-8-11-23(13-15(14)12-16)10-2-1-9-20-30(27,28)18-5-3-4-17-19(18)22-29-21-17/h3-7,12,20H,1-2,8-11,13H2. The van der Waals surface area contributed by atoms with E-state index in [1.807, 2.05) is 6.07 Å². The van der Waals surface area contributed by atoms with E-state index in [0.29, 0.717) is 25.0 Å². The van der Waals surface area contributed by atoms with E-state index in [1.165, 1.54) is 6.07 Å². The predicted octanol–water partition coefficient (Wildman–Crippen LogP) is 2.25. The second kappa shape index (κ2) is 8.46. The summed E-state index contributed by atoms with van der Waals surface area (Å²) in [7, 11) is -3.70. The van der Waals surface area contributed by atoms with Crippen LogP contribution in [0.25, 0.3) is 11.0 Å². The topological polar surface area (TPSA) is 131 Å². The fourth-order valence-electron chi connectivity index (χ4n) is 3.65. The molecule has 10 nitrogen and oxygen atoms in total. The molecule has 0 aliphatic carbocycles. The molecule has 1 N–H and O–H groups in total. The van der Waals surface area contributed by atoms with Crippen LogP contribution in [0.5, 0.6) is 0 Å². The number of nitrogens with zero attached hydrogens (tertiary/aromatic N) is 4. The van der Waals surface area contributed by atoms with E-state index in [-0.39, 0.29) is 21.0 Å². The van der Waals surface area contributed by atoms with Crippen molar-refractivity contribution in [3.8, 4) is 0 Å². The van der Waals surface area contributed by atoms with Gasteiger partial charge in [-0.3, -0.25) is 15.0 Å². The number of hydrogen-bond acceptors (Lipinski definition) is 8. The number of fused-ring (bicyclic) bond motifs is 2. The average molecular weight is 431 g/mol. The molecule has 0 spiro atoms. The van der Waals surface area contributed by atoms with Crippen molar-refractivity contribution < 1.29 is 18.0 Å². The van der Waals surface area contributed by atoms with Crippen molar-refractivity contribution in [1.82, 2.24) is 19.9 Å². The number of benzene rings is 2. The van der Waals surface area contributed by atoms with Crippen LogP contribution in [0.15, 0.2) is 45.9 Å². The monoisotopic (exact) mass is 431 g/mol. The van der Waals surface area contributed by atoms with E-state index in [0.717, 1.165) is 37.1 Å². The van der Waals surface area contributed by atoms with E-state index >= 15 is 0 Å². The minimum Gasteiger partial charge on any atom is -0.299 e. The molecule has 1 aromatic heterocycles. The predicted molar refractivity (Wildman–Crippen MR) is 108 cm³/mol.